The van der Waals surface area contributed by atoms with E-state index in [0.29, 0.717) is 17.7 Å². The van der Waals surface area contributed by atoms with Gasteiger partial charge in [-0.3, -0.25) is 4.90 Å². The highest BCUT2D eigenvalue weighted by Crippen LogP contribution is 2.41. The predicted molar refractivity (Wildman–Crippen MR) is 131 cm³/mol. The minimum absolute atomic E-state index is 0.00152. The third-order valence-corrected chi connectivity index (χ3v) is 10.0. The maximum absolute atomic E-state index is 13.8. The predicted octanol–water partition coefficient (Wildman–Crippen LogP) is 1.81. The fourth-order valence-corrected chi connectivity index (χ4v) is 7.91. The number of nitriles is 1. The normalized spacial score (nSPS) is 27.9. The summed E-state index contributed by atoms with van der Waals surface area (Å²) >= 11 is 0. The number of likely N-dealkylation sites (tertiary alicyclic amines) is 1. The summed E-state index contributed by atoms with van der Waals surface area (Å²) in [6.45, 7) is 2.10. The van der Waals surface area contributed by atoms with Crippen molar-refractivity contribution in [2.24, 2.45) is 5.92 Å². The van der Waals surface area contributed by atoms with Crippen molar-refractivity contribution in [3.05, 3.63) is 35.8 Å². The third kappa shape index (κ3) is 3.96. The molecule has 1 saturated carbocycles. The molecule has 39 heavy (non-hydrogen) atoms. The van der Waals surface area contributed by atoms with Crippen LogP contribution in [0.3, 0.4) is 0 Å². The first-order valence-corrected chi connectivity index (χ1v) is 13.9. The summed E-state index contributed by atoms with van der Waals surface area (Å²) in [5.41, 5.74) is 6.63. The molecule has 3 aromatic rings. The Bertz CT molecular complexity index is 1620. The molecule has 11 nitrogen and oxygen atoms in total. The van der Waals surface area contributed by atoms with Gasteiger partial charge in [0.1, 0.15) is 0 Å². The van der Waals surface area contributed by atoms with E-state index in [4.69, 9.17) is 5.73 Å². The second kappa shape index (κ2) is 8.85. The number of aryl methyl sites for hydroxylation is 1. The van der Waals surface area contributed by atoms with Crippen molar-refractivity contribution in [3.63, 3.8) is 0 Å². The summed E-state index contributed by atoms with van der Waals surface area (Å²) < 4.78 is 69.8. The number of aliphatic hydroxyl groups is 1. The van der Waals surface area contributed by atoms with E-state index in [2.05, 4.69) is 26.0 Å². The van der Waals surface area contributed by atoms with Crippen molar-refractivity contribution < 1.29 is 26.7 Å². The molecule has 1 aromatic carbocycles. The van der Waals surface area contributed by atoms with Gasteiger partial charge in [0.2, 0.25) is 10.0 Å². The highest BCUT2D eigenvalue weighted by Gasteiger charge is 2.57. The molecule has 15 heteroatoms. The lowest BCUT2D eigenvalue weighted by Crippen LogP contribution is -2.52. The summed E-state index contributed by atoms with van der Waals surface area (Å²) in [4.78, 5) is 9.36. The van der Waals surface area contributed by atoms with Gasteiger partial charge in [-0.05, 0) is 37.5 Å². The van der Waals surface area contributed by atoms with Crippen LogP contribution in [0.2, 0.25) is 0 Å². The molecule has 1 aliphatic carbocycles. The number of aliphatic hydroxyl groups excluding tert-OH is 1. The first kappa shape index (κ1) is 25.9. The lowest BCUT2D eigenvalue weighted by molar-refractivity contribution is -0.145. The fraction of sp³-hybridized carbons (Fsp3) is 0.500. The van der Waals surface area contributed by atoms with Gasteiger partial charge in [0.15, 0.2) is 11.5 Å². The Morgan fingerprint density at radius 3 is 2.62 bits per heavy atom. The Morgan fingerprint density at radius 2 is 1.95 bits per heavy atom. The van der Waals surface area contributed by atoms with E-state index in [1.807, 2.05) is 0 Å². The molecule has 0 spiro atoms. The van der Waals surface area contributed by atoms with Crippen LogP contribution in [0.15, 0.2) is 29.3 Å². The summed E-state index contributed by atoms with van der Waals surface area (Å²) in [5, 5.41) is 24.0. The van der Waals surface area contributed by atoms with Gasteiger partial charge in [-0.2, -0.15) is 22.7 Å². The molecule has 206 valence electrons. The Hall–Kier alpha value is -3.32. The second-order valence-corrected chi connectivity index (χ2v) is 12.2. The van der Waals surface area contributed by atoms with Crippen molar-refractivity contribution in [2.75, 3.05) is 18.8 Å². The number of hydrogen-bond acceptors (Lipinski definition) is 9. The number of rotatable bonds is 4. The minimum Gasteiger partial charge on any atom is -0.390 e. The molecule has 5 unspecified atom stereocenters. The lowest BCUT2D eigenvalue weighted by Gasteiger charge is -2.37. The maximum atomic E-state index is 13.8. The third-order valence-electron chi connectivity index (χ3n) is 8.15. The molecule has 0 radical (unpaired) electrons. The Labute approximate surface area is 221 Å². The zero-order valence-corrected chi connectivity index (χ0v) is 21.6. The number of benzene rings is 1. The van der Waals surface area contributed by atoms with Crippen LogP contribution < -0.4 is 5.73 Å². The average molecular weight is 563 g/mol. The summed E-state index contributed by atoms with van der Waals surface area (Å²) in [7, 11) is -4.08. The van der Waals surface area contributed by atoms with Gasteiger partial charge in [-0.15, -0.1) is 5.10 Å². The van der Waals surface area contributed by atoms with Crippen LogP contribution in [0, 0.1) is 24.2 Å². The molecule has 5 atom stereocenters. The number of aromatic nitrogens is 4. The highest BCUT2D eigenvalue weighted by atomic mass is 32.2. The number of nitrogen functional groups attached to an aromatic ring is 1. The van der Waals surface area contributed by atoms with Crippen molar-refractivity contribution in [1.82, 2.24) is 28.8 Å². The summed E-state index contributed by atoms with van der Waals surface area (Å²) in [6.07, 6.45) is -1.91. The van der Waals surface area contributed by atoms with E-state index >= 15 is 0 Å². The van der Waals surface area contributed by atoms with Crippen molar-refractivity contribution in [1.29, 1.82) is 5.26 Å². The number of halogens is 3. The highest BCUT2D eigenvalue weighted by molar-refractivity contribution is 7.89. The standard InChI is InChI=1S/C24H25F3N8O3S/c1-12-5-6-14(7-15(12)17-9-30-22-21(29)31-23(24(25,26)27)32-35(17)22)39(37,38)34-11-18-20(36)19(34)10-33(18)16-4-2-3-13(16)8-28/h5-7,9,13,16,18-20,36H,2-4,10-11H2,1H3,(H2,29,31,32). The molecule has 2 saturated heterocycles. The van der Waals surface area contributed by atoms with Crippen LogP contribution >= 0.6 is 0 Å². The van der Waals surface area contributed by atoms with E-state index in [1.54, 1.807) is 13.0 Å². The largest absolute Gasteiger partial charge is 0.453 e. The van der Waals surface area contributed by atoms with E-state index in [0.717, 1.165) is 23.8 Å². The van der Waals surface area contributed by atoms with Gasteiger partial charge >= 0.3 is 6.18 Å². The van der Waals surface area contributed by atoms with Crippen LogP contribution in [0.5, 0.6) is 0 Å². The molecule has 2 bridgehead atoms. The Kier molecular flexibility index (Phi) is 5.88. The Balaban J connectivity index is 1.35. The number of fused-ring (bicyclic) bond motifs is 3. The first-order chi connectivity index (χ1) is 18.4. The monoisotopic (exact) mass is 562 g/mol. The van der Waals surface area contributed by atoms with Gasteiger partial charge in [-0.25, -0.2) is 22.9 Å². The van der Waals surface area contributed by atoms with Crippen molar-refractivity contribution >= 4 is 21.5 Å². The number of anilines is 1. The van der Waals surface area contributed by atoms with Gasteiger partial charge in [-0.1, -0.05) is 12.5 Å². The van der Waals surface area contributed by atoms with E-state index in [1.165, 1.54) is 22.6 Å². The molecular weight excluding hydrogens is 537 g/mol. The summed E-state index contributed by atoms with van der Waals surface area (Å²) in [6, 6.07) is 5.64. The number of hydrogen-bond donors (Lipinski definition) is 2. The SMILES string of the molecule is Cc1ccc(S(=O)(=O)N2CC3C(O)C2CN3C2CCCC2C#N)cc1-c1cnc2c(N)nc(C(F)(F)F)nn12. The van der Waals surface area contributed by atoms with Gasteiger partial charge in [0.05, 0.1) is 47.0 Å². The molecule has 4 heterocycles. The van der Waals surface area contributed by atoms with E-state index in [-0.39, 0.29) is 34.7 Å². The smallest absolute Gasteiger partial charge is 0.390 e. The zero-order chi connectivity index (χ0) is 27.9. The molecule has 0 amide bonds. The van der Waals surface area contributed by atoms with Crippen LogP contribution in [-0.4, -0.2) is 79.6 Å². The van der Waals surface area contributed by atoms with Gasteiger partial charge in [0, 0.05) is 24.7 Å². The van der Waals surface area contributed by atoms with Crippen LogP contribution in [0.4, 0.5) is 19.0 Å². The topological polar surface area (TPSA) is 154 Å². The molecule has 3 aliphatic rings. The van der Waals surface area contributed by atoms with Crippen molar-refractivity contribution in [2.45, 2.75) is 61.5 Å². The molecule has 3 N–H and O–H groups in total. The van der Waals surface area contributed by atoms with Gasteiger partial charge < -0.3 is 10.8 Å². The fourth-order valence-electron chi connectivity index (χ4n) is 6.23. The second-order valence-electron chi connectivity index (χ2n) is 10.3. The number of nitrogens with two attached hydrogens (primary N) is 1. The number of sulfonamides is 1. The molecule has 2 aliphatic heterocycles. The minimum atomic E-state index is -4.85. The molecule has 3 fully saturated rings. The van der Waals surface area contributed by atoms with Crippen LogP contribution in [0.25, 0.3) is 16.9 Å². The number of alkyl halides is 3. The quantitative estimate of drug-likeness (QED) is 0.485. The Morgan fingerprint density at radius 1 is 1.18 bits per heavy atom. The van der Waals surface area contributed by atoms with E-state index < -0.39 is 46.0 Å². The molecular formula is C24H25F3N8O3S. The lowest BCUT2D eigenvalue weighted by atomic mass is 10.0. The summed E-state index contributed by atoms with van der Waals surface area (Å²) in [5.74, 6) is -2.04. The zero-order valence-electron chi connectivity index (χ0n) is 20.7. The molecule has 6 rings (SSSR count). The number of nitrogens with zero attached hydrogens (tertiary/aromatic N) is 7. The average Bonchev–Trinajstić information content (AvgIpc) is 3.66. The number of piperazine rings is 1. The maximum Gasteiger partial charge on any atom is 0.453 e. The first-order valence-electron chi connectivity index (χ1n) is 12.5. The van der Waals surface area contributed by atoms with Crippen LogP contribution in [-0.2, 0) is 16.2 Å². The molecule has 2 aromatic heterocycles. The number of imidazole rings is 1. The van der Waals surface area contributed by atoms with Crippen molar-refractivity contribution in [3.8, 4) is 17.3 Å². The van der Waals surface area contributed by atoms with E-state index in [9.17, 15) is 32.0 Å². The van der Waals surface area contributed by atoms with Crippen LogP contribution in [0.1, 0.15) is 30.7 Å². The van der Waals surface area contributed by atoms with Gasteiger partial charge in [0.25, 0.3) is 5.82 Å².